The molecule has 2 heteroatoms. The summed E-state index contributed by atoms with van der Waals surface area (Å²) in [4.78, 5) is 0. The van der Waals surface area contributed by atoms with Crippen LogP contribution in [0.2, 0.25) is 0 Å². The van der Waals surface area contributed by atoms with Crippen molar-refractivity contribution in [3.05, 3.63) is 24.7 Å². The van der Waals surface area contributed by atoms with Crippen molar-refractivity contribution in [2.75, 3.05) is 14.2 Å². The molecule has 0 amide bonds. The fourth-order valence-corrected chi connectivity index (χ4v) is 0.248. The maximum Gasteiger partial charge on any atom is 0.0825 e. The van der Waals surface area contributed by atoms with Crippen LogP contribution < -0.4 is 0 Å². The maximum atomic E-state index is 4.60. The summed E-state index contributed by atoms with van der Waals surface area (Å²) in [6.07, 6.45) is 6.61. The largest absolute Gasteiger partial charge is 0.504 e. The lowest BCUT2D eigenvalue weighted by Gasteiger charge is -1.82. The van der Waals surface area contributed by atoms with E-state index in [0.29, 0.717) is 0 Å². The molecular weight excluding hydrogens is 104 g/mol. The zero-order valence-corrected chi connectivity index (χ0v) is 5.13. The van der Waals surface area contributed by atoms with E-state index < -0.39 is 0 Å². The van der Waals surface area contributed by atoms with Gasteiger partial charge in [0, 0.05) is 0 Å². The van der Waals surface area contributed by atoms with Gasteiger partial charge in [0.15, 0.2) is 0 Å². The van der Waals surface area contributed by atoms with Crippen LogP contribution in [0.25, 0.3) is 0 Å². The molecule has 0 saturated heterocycles. The Labute approximate surface area is 49.4 Å². The van der Waals surface area contributed by atoms with Crippen LogP contribution >= 0.6 is 0 Å². The summed E-state index contributed by atoms with van der Waals surface area (Å²) < 4.78 is 9.20. The molecule has 0 radical (unpaired) electrons. The molecule has 0 spiro atoms. The van der Waals surface area contributed by atoms with E-state index in [1.54, 1.807) is 38.9 Å². The molecule has 0 atom stereocenters. The predicted molar refractivity (Wildman–Crippen MR) is 32.3 cm³/mol. The van der Waals surface area contributed by atoms with Crippen LogP contribution in [0.3, 0.4) is 0 Å². The standard InChI is InChI=1S/C6H10O2/c1-7-5-3-4-6-8-2/h3-6H,1-2H3/b5-3+,6-4+. The Morgan fingerprint density at radius 1 is 0.875 bits per heavy atom. The minimum absolute atomic E-state index is 1.56. The Morgan fingerprint density at radius 3 is 1.50 bits per heavy atom. The molecule has 0 N–H and O–H groups in total. The van der Waals surface area contributed by atoms with E-state index >= 15 is 0 Å². The average Bonchev–Trinajstić information content (AvgIpc) is 1.81. The SMILES string of the molecule is CO/C=C/C=C/OC. The van der Waals surface area contributed by atoms with Gasteiger partial charge < -0.3 is 9.47 Å². The van der Waals surface area contributed by atoms with Gasteiger partial charge in [0.25, 0.3) is 0 Å². The molecule has 8 heavy (non-hydrogen) atoms. The zero-order chi connectivity index (χ0) is 6.24. The fraction of sp³-hybridized carbons (Fsp3) is 0.333. The van der Waals surface area contributed by atoms with E-state index in [0.717, 1.165) is 0 Å². The van der Waals surface area contributed by atoms with Crippen molar-refractivity contribution in [2.45, 2.75) is 0 Å². The third kappa shape index (κ3) is 5.08. The van der Waals surface area contributed by atoms with Gasteiger partial charge in [-0.2, -0.15) is 0 Å². The molecule has 0 bridgehead atoms. The van der Waals surface area contributed by atoms with E-state index in [-0.39, 0.29) is 0 Å². The number of allylic oxidation sites excluding steroid dienone is 2. The molecule has 0 saturated carbocycles. The smallest absolute Gasteiger partial charge is 0.0825 e. The second-order valence-corrected chi connectivity index (χ2v) is 1.13. The lowest BCUT2D eigenvalue weighted by Crippen LogP contribution is -1.63. The molecule has 0 aliphatic rings. The Hall–Kier alpha value is -0.920. The fourth-order valence-electron chi connectivity index (χ4n) is 0.248. The third-order valence-corrected chi connectivity index (χ3v) is 0.540. The van der Waals surface area contributed by atoms with Gasteiger partial charge in [-0.05, 0) is 12.2 Å². The van der Waals surface area contributed by atoms with Gasteiger partial charge in [0.1, 0.15) is 0 Å². The van der Waals surface area contributed by atoms with Crippen LogP contribution in [0.15, 0.2) is 24.7 Å². The highest BCUT2D eigenvalue weighted by Crippen LogP contribution is 1.76. The molecular formula is C6H10O2. The molecule has 0 heterocycles. The van der Waals surface area contributed by atoms with Crippen molar-refractivity contribution >= 4 is 0 Å². The van der Waals surface area contributed by atoms with Crippen LogP contribution in [0.1, 0.15) is 0 Å². The van der Waals surface area contributed by atoms with Crippen LogP contribution in [0.5, 0.6) is 0 Å². The highest BCUT2D eigenvalue weighted by molar-refractivity contribution is 4.95. The van der Waals surface area contributed by atoms with Crippen LogP contribution in [-0.4, -0.2) is 14.2 Å². The van der Waals surface area contributed by atoms with Crippen LogP contribution in [0.4, 0.5) is 0 Å². The van der Waals surface area contributed by atoms with Gasteiger partial charge in [-0.1, -0.05) is 0 Å². The monoisotopic (exact) mass is 114 g/mol. The van der Waals surface area contributed by atoms with Gasteiger partial charge in [-0.3, -0.25) is 0 Å². The lowest BCUT2D eigenvalue weighted by molar-refractivity contribution is 0.333. The summed E-state index contributed by atoms with van der Waals surface area (Å²) >= 11 is 0. The van der Waals surface area contributed by atoms with Crippen molar-refractivity contribution in [3.63, 3.8) is 0 Å². The summed E-state index contributed by atoms with van der Waals surface area (Å²) in [7, 11) is 3.19. The third-order valence-electron chi connectivity index (χ3n) is 0.540. The molecule has 0 fully saturated rings. The van der Waals surface area contributed by atoms with E-state index in [1.165, 1.54) is 0 Å². The second-order valence-electron chi connectivity index (χ2n) is 1.13. The normalized spacial score (nSPS) is 10.8. The van der Waals surface area contributed by atoms with Crippen molar-refractivity contribution in [2.24, 2.45) is 0 Å². The maximum absolute atomic E-state index is 4.60. The first kappa shape index (κ1) is 7.08. The van der Waals surface area contributed by atoms with Gasteiger partial charge >= 0.3 is 0 Å². The molecule has 0 aliphatic carbocycles. The second kappa shape index (κ2) is 6.08. The summed E-state index contributed by atoms with van der Waals surface area (Å²) in [5.74, 6) is 0. The quantitative estimate of drug-likeness (QED) is 0.407. The van der Waals surface area contributed by atoms with Gasteiger partial charge in [0.2, 0.25) is 0 Å². The Kier molecular flexibility index (Phi) is 5.38. The summed E-state index contributed by atoms with van der Waals surface area (Å²) in [5.41, 5.74) is 0. The van der Waals surface area contributed by atoms with Crippen molar-refractivity contribution in [1.29, 1.82) is 0 Å². The van der Waals surface area contributed by atoms with Gasteiger partial charge in [-0.25, -0.2) is 0 Å². The molecule has 0 unspecified atom stereocenters. The number of ether oxygens (including phenoxy) is 2. The van der Waals surface area contributed by atoms with E-state index in [2.05, 4.69) is 9.47 Å². The molecule has 2 nitrogen and oxygen atoms in total. The number of methoxy groups -OCH3 is 2. The first-order valence-corrected chi connectivity index (χ1v) is 2.29. The Morgan fingerprint density at radius 2 is 1.25 bits per heavy atom. The van der Waals surface area contributed by atoms with Crippen molar-refractivity contribution in [3.8, 4) is 0 Å². The molecule has 0 aromatic rings. The zero-order valence-electron chi connectivity index (χ0n) is 5.13. The summed E-state index contributed by atoms with van der Waals surface area (Å²) in [6.45, 7) is 0. The molecule has 0 aromatic heterocycles. The topological polar surface area (TPSA) is 18.5 Å². The number of hydrogen-bond acceptors (Lipinski definition) is 2. The van der Waals surface area contributed by atoms with Gasteiger partial charge in [0.05, 0.1) is 26.7 Å². The number of rotatable bonds is 3. The minimum atomic E-state index is 1.56. The lowest BCUT2D eigenvalue weighted by atomic mass is 10.6. The highest BCUT2D eigenvalue weighted by Gasteiger charge is 1.60. The van der Waals surface area contributed by atoms with Crippen molar-refractivity contribution < 1.29 is 9.47 Å². The Balaban J connectivity index is 3.13. The Bertz CT molecular complexity index is 72.5. The summed E-state index contributed by atoms with van der Waals surface area (Å²) in [6, 6.07) is 0. The average molecular weight is 114 g/mol. The van der Waals surface area contributed by atoms with Crippen molar-refractivity contribution in [1.82, 2.24) is 0 Å². The van der Waals surface area contributed by atoms with Crippen LogP contribution in [0, 0.1) is 0 Å². The highest BCUT2D eigenvalue weighted by atomic mass is 16.5. The molecule has 0 rings (SSSR count). The minimum Gasteiger partial charge on any atom is -0.504 e. The van der Waals surface area contributed by atoms with Crippen LogP contribution in [-0.2, 0) is 9.47 Å². The molecule has 0 aromatic carbocycles. The van der Waals surface area contributed by atoms with E-state index in [9.17, 15) is 0 Å². The summed E-state index contributed by atoms with van der Waals surface area (Å²) in [5, 5.41) is 0. The van der Waals surface area contributed by atoms with E-state index in [4.69, 9.17) is 0 Å². The number of hydrogen-bond donors (Lipinski definition) is 0. The van der Waals surface area contributed by atoms with Gasteiger partial charge in [-0.15, -0.1) is 0 Å². The molecule has 0 aliphatic heterocycles. The molecule has 46 valence electrons. The first-order chi connectivity index (χ1) is 3.91. The van der Waals surface area contributed by atoms with E-state index in [1.807, 2.05) is 0 Å². The first-order valence-electron chi connectivity index (χ1n) is 2.29. The predicted octanol–water partition coefficient (Wildman–Crippen LogP) is 1.31.